The minimum Gasteiger partial charge on any atom is -0.493 e. The lowest BCUT2D eigenvalue weighted by atomic mass is 9.97. The number of ether oxygens (including phenoxy) is 2. The first-order valence-electron chi connectivity index (χ1n) is 5.66. The third kappa shape index (κ3) is 3.61. The second-order valence-corrected chi connectivity index (χ2v) is 5.32. The summed E-state index contributed by atoms with van der Waals surface area (Å²) in [5.41, 5.74) is 7.24. The highest BCUT2D eigenvalue weighted by Gasteiger charge is 2.15. The maximum Gasteiger partial charge on any atom is 0.161 e. The van der Waals surface area contributed by atoms with Gasteiger partial charge in [0.2, 0.25) is 0 Å². The van der Waals surface area contributed by atoms with Gasteiger partial charge in [-0.3, -0.25) is 0 Å². The summed E-state index contributed by atoms with van der Waals surface area (Å²) in [6.07, 6.45) is 0.939. The summed E-state index contributed by atoms with van der Waals surface area (Å²) in [7, 11) is 3.25. The number of rotatable bonds is 5. The van der Waals surface area contributed by atoms with Gasteiger partial charge in [0.1, 0.15) is 0 Å². The minimum atomic E-state index is 0.00387. The van der Waals surface area contributed by atoms with E-state index in [1.807, 2.05) is 12.1 Å². The fraction of sp³-hybridized carbons (Fsp3) is 0.538. The van der Waals surface area contributed by atoms with Crippen LogP contribution in [0.25, 0.3) is 0 Å². The molecule has 0 aromatic heterocycles. The molecule has 1 atom stereocenters. The SMILES string of the molecule is COc1cc(Br)c([C@H](N)CC(C)C)cc1OC. The van der Waals surface area contributed by atoms with E-state index >= 15 is 0 Å². The lowest BCUT2D eigenvalue weighted by Crippen LogP contribution is -2.13. The Balaban J connectivity index is 3.07. The van der Waals surface area contributed by atoms with Gasteiger partial charge in [0, 0.05) is 10.5 Å². The van der Waals surface area contributed by atoms with Gasteiger partial charge in [0.05, 0.1) is 14.2 Å². The lowest BCUT2D eigenvalue weighted by Gasteiger charge is -2.18. The molecule has 2 N–H and O–H groups in total. The van der Waals surface area contributed by atoms with E-state index in [2.05, 4.69) is 29.8 Å². The summed E-state index contributed by atoms with van der Waals surface area (Å²) in [6.45, 7) is 4.32. The van der Waals surface area contributed by atoms with Crippen LogP contribution in [0.3, 0.4) is 0 Å². The molecule has 1 aromatic rings. The molecule has 0 heterocycles. The smallest absolute Gasteiger partial charge is 0.161 e. The molecule has 0 amide bonds. The molecule has 0 saturated heterocycles. The van der Waals surface area contributed by atoms with Crippen molar-refractivity contribution in [2.24, 2.45) is 11.7 Å². The molecular weight excluding hydrogens is 282 g/mol. The maximum atomic E-state index is 6.19. The second-order valence-electron chi connectivity index (χ2n) is 4.46. The van der Waals surface area contributed by atoms with Gasteiger partial charge in [-0.1, -0.05) is 29.8 Å². The second kappa shape index (κ2) is 6.26. The van der Waals surface area contributed by atoms with Crippen molar-refractivity contribution in [3.8, 4) is 11.5 Å². The summed E-state index contributed by atoms with van der Waals surface area (Å²) in [5.74, 6) is 1.98. The first-order valence-corrected chi connectivity index (χ1v) is 6.45. The van der Waals surface area contributed by atoms with Crippen LogP contribution in [-0.4, -0.2) is 14.2 Å². The van der Waals surface area contributed by atoms with E-state index in [0.29, 0.717) is 17.4 Å². The summed E-state index contributed by atoms with van der Waals surface area (Å²) < 4.78 is 11.5. The molecule has 1 rings (SSSR count). The van der Waals surface area contributed by atoms with Crippen LogP contribution in [0.4, 0.5) is 0 Å². The average Bonchev–Trinajstić information content (AvgIpc) is 2.27. The minimum absolute atomic E-state index is 0.00387. The Labute approximate surface area is 111 Å². The Morgan fingerprint density at radius 3 is 2.18 bits per heavy atom. The van der Waals surface area contributed by atoms with Crippen molar-refractivity contribution in [1.82, 2.24) is 0 Å². The fourth-order valence-corrected chi connectivity index (χ4v) is 2.41. The van der Waals surface area contributed by atoms with Gasteiger partial charge in [-0.25, -0.2) is 0 Å². The number of halogens is 1. The molecule has 17 heavy (non-hydrogen) atoms. The summed E-state index contributed by atoms with van der Waals surface area (Å²) >= 11 is 3.53. The van der Waals surface area contributed by atoms with Gasteiger partial charge in [0.15, 0.2) is 11.5 Å². The van der Waals surface area contributed by atoms with E-state index in [1.54, 1.807) is 14.2 Å². The topological polar surface area (TPSA) is 44.5 Å². The maximum absolute atomic E-state index is 6.19. The van der Waals surface area contributed by atoms with E-state index < -0.39 is 0 Å². The highest BCUT2D eigenvalue weighted by atomic mass is 79.9. The Morgan fingerprint density at radius 2 is 1.71 bits per heavy atom. The molecule has 0 bridgehead atoms. The molecule has 0 radical (unpaired) electrons. The van der Waals surface area contributed by atoms with Crippen molar-refractivity contribution in [1.29, 1.82) is 0 Å². The average molecular weight is 302 g/mol. The first kappa shape index (κ1) is 14.3. The summed E-state index contributed by atoms with van der Waals surface area (Å²) in [5, 5.41) is 0. The number of benzene rings is 1. The molecule has 0 unspecified atom stereocenters. The Hall–Kier alpha value is -0.740. The number of hydrogen-bond acceptors (Lipinski definition) is 3. The van der Waals surface area contributed by atoms with Crippen LogP contribution in [0.1, 0.15) is 31.9 Å². The Bertz CT molecular complexity index is 380. The van der Waals surface area contributed by atoms with E-state index in [0.717, 1.165) is 16.5 Å². The van der Waals surface area contributed by atoms with E-state index in [9.17, 15) is 0 Å². The summed E-state index contributed by atoms with van der Waals surface area (Å²) in [6, 6.07) is 3.84. The van der Waals surface area contributed by atoms with Crippen LogP contribution in [0.5, 0.6) is 11.5 Å². The molecule has 0 aliphatic rings. The van der Waals surface area contributed by atoms with E-state index in [-0.39, 0.29) is 6.04 Å². The number of methoxy groups -OCH3 is 2. The number of hydrogen-bond donors (Lipinski definition) is 1. The third-order valence-electron chi connectivity index (χ3n) is 2.63. The summed E-state index contributed by atoms with van der Waals surface area (Å²) in [4.78, 5) is 0. The molecule has 96 valence electrons. The van der Waals surface area contributed by atoms with Crippen molar-refractivity contribution >= 4 is 15.9 Å². The third-order valence-corrected chi connectivity index (χ3v) is 3.31. The van der Waals surface area contributed by atoms with Crippen molar-refractivity contribution in [2.45, 2.75) is 26.3 Å². The Morgan fingerprint density at radius 1 is 1.18 bits per heavy atom. The fourth-order valence-electron chi connectivity index (χ4n) is 1.79. The van der Waals surface area contributed by atoms with Gasteiger partial charge in [-0.2, -0.15) is 0 Å². The predicted molar refractivity (Wildman–Crippen MR) is 73.6 cm³/mol. The zero-order chi connectivity index (χ0) is 13.0. The van der Waals surface area contributed by atoms with Crippen LogP contribution < -0.4 is 15.2 Å². The molecule has 0 aliphatic carbocycles. The molecule has 0 fully saturated rings. The van der Waals surface area contributed by atoms with Gasteiger partial charge in [-0.15, -0.1) is 0 Å². The van der Waals surface area contributed by atoms with Crippen LogP contribution in [-0.2, 0) is 0 Å². The predicted octanol–water partition coefficient (Wildman–Crippen LogP) is 3.51. The first-order chi connectivity index (χ1) is 7.99. The van der Waals surface area contributed by atoms with Gasteiger partial charge < -0.3 is 15.2 Å². The molecule has 0 saturated carbocycles. The molecular formula is C13H20BrNO2. The lowest BCUT2D eigenvalue weighted by molar-refractivity contribution is 0.353. The van der Waals surface area contributed by atoms with E-state index in [1.165, 1.54) is 0 Å². The largest absolute Gasteiger partial charge is 0.493 e. The number of nitrogens with two attached hydrogens (primary N) is 1. The Kier molecular flexibility index (Phi) is 5.28. The normalized spacial score (nSPS) is 12.6. The van der Waals surface area contributed by atoms with Crippen molar-refractivity contribution < 1.29 is 9.47 Å². The zero-order valence-electron chi connectivity index (χ0n) is 10.8. The highest BCUT2D eigenvalue weighted by molar-refractivity contribution is 9.10. The highest BCUT2D eigenvalue weighted by Crippen LogP contribution is 2.36. The van der Waals surface area contributed by atoms with Crippen LogP contribution in [0, 0.1) is 5.92 Å². The van der Waals surface area contributed by atoms with Gasteiger partial charge in [0.25, 0.3) is 0 Å². The quantitative estimate of drug-likeness (QED) is 0.905. The van der Waals surface area contributed by atoms with Crippen LogP contribution in [0.15, 0.2) is 16.6 Å². The van der Waals surface area contributed by atoms with E-state index in [4.69, 9.17) is 15.2 Å². The van der Waals surface area contributed by atoms with Gasteiger partial charge in [-0.05, 0) is 30.0 Å². The molecule has 4 heteroatoms. The van der Waals surface area contributed by atoms with Crippen LogP contribution >= 0.6 is 15.9 Å². The van der Waals surface area contributed by atoms with Crippen molar-refractivity contribution in [2.75, 3.05) is 14.2 Å². The molecule has 0 aliphatic heterocycles. The molecule has 3 nitrogen and oxygen atoms in total. The standard InChI is InChI=1S/C13H20BrNO2/c1-8(2)5-11(15)9-6-12(16-3)13(17-4)7-10(9)14/h6-8,11H,5,15H2,1-4H3/t11-/m1/s1. The van der Waals surface area contributed by atoms with Gasteiger partial charge >= 0.3 is 0 Å². The monoisotopic (exact) mass is 301 g/mol. The van der Waals surface area contributed by atoms with Crippen molar-refractivity contribution in [3.63, 3.8) is 0 Å². The molecule has 1 aromatic carbocycles. The van der Waals surface area contributed by atoms with Crippen LogP contribution in [0.2, 0.25) is 0 Å². The molecule has 0 spiro atoms. The zero-order valence-corrected chi connectivity index (χ0v) is 12.4. The van der Waals surface area contributed by atoms with Crippen molar-refractivity contribution in [3.05, 3.63) is 22.2 Å².